The van der Waals surface area contributed by atoms with Crippen LogP contribution in [0.5, 0.6) is 0 Å². The molecule has 2 heterocycles. The smallest absolute Gasteiger partial charge is 0.329 e. The Balaban J connectivity index is 2.20. The quantitative estimate of drug-likeness (QED) is 0.600. The molecule has 0 saturated heterocycles. The van der Waals surface area contributed by atoms with Gasteiger partial charge in [0.2, 0.25) is 11.8 Å². The number of hydrogen-bond acceptors (Lipinski definition) is 8. The predicted molar refractivity (Wildman–Crippen MR) is 67.6 cm³/mol. The second kappa shape index (κ2) is 5.67. The van der Waals surface area contributed by atoms with Crippen molar-refractivity contribution in [2.24, 2.45) is 0 Å². The van der Waals surface area contributed by atoms with Gasteiger partial charge in [0.25, 0.3) is 0 Å². The van der Waals surface area contributed by atoms with Crippen molar-refractivity contribution in [1.82, 2.24) is 20.2 Å². The molecular formula is C10H11N7O2. The minimum Gasteiger partial charge on any atom is -0.358 e. The molecule has 0 bridgehead atoms. The standard InChI is InChI=1S/C10H11N7O2/c1-11-10-13-6-8(17(18)19)9(15-10)12-5-7-3-2-4-14-16-7/h2-4,6H,5H2,1H3,(H2,11,12,13,15). The Morgan fingerprint density at radius 2 is 2.32 bits per heavy atom. The highest BCUT2D eigenvalue weighted by Gasteiger charge is 2.16. The van der Waals surface area contributed by atoms with Gasteiger partial charge in [-0.05, 0) is 12.1 Å². The molecule has 0 amide bonds. The van der Waals surface area contributed by atoms with Crippen LogP contribution in [0.3, 0.4) is 0 Å². The van der Waals surface area contributed by atoms with Gasteiger partial charge < -0.3 is 10.6 Å². The van der Waals surface area contributed by atoms with Crippen LogP contribution in [0.2, 0.25) is 0 Å². The van der Waals surface area contributed by atoms with E-state index in [0.717, 1.165) is 6.20 Å². The third kappa shape index (κ3) is 3.09. The first-order valence-electron chi connectivity index (χ1n) is 5.40. The molecule has 9 heteroatoms. The Labute approximate surface area is 108 Å². The van der Waals surface area contributed by atoms with E-state index in [1.54, 1.807) is 25.4 Å². The van der Waals surface area contributed by atoms with Crippen LogP contribution in [0.1, 0.15) is 5.69 Å². The predicted octanol–water partition coefficient (Wildman–Crippen LogP) is 0.829. The van der Waals surface area contributed by atoms with Gasteiger partial charge in [-0.25, -0.2) is 4.98 Å². The highest BCUT2D eigenvalue weighted by atomic mass is 16.6. The third-order valence-electron chi connectivity index (χ3n) is 2.25. The topological polar surface area (TPSA) is 119 Å². The van der Waals surface area contributed by atoms with Crippen molar-refractivity contribution in [2.75, 3.05) is 17.7 Å². The normalized spacial score (nSPS) is 9.95. The molecule has 19 heavy (non-hydrogen) atoms. The number of hydrogen-bond donors (Lipinski definition) is 2. The van der Waals surface area contributed by atoms with Gasteiger partial charge in [0, 0.05) is 13.2 Å². The van der Waals surface area contributed by atoms with Crippen molar-refractivity contribution in [3.05, 3.63) is 40.3 Å². The van der Waals surface area contributed by atoms with Crippen LogP contribution >= 0.6 is 0 Å². The van der Waals surface area contributed by atoms with Crippen LogP contribution in [0.25, 0.3) is 0 Å². The van der Waals surface area contributed by atoms with Crippen molar-refractivity contribution >= 4 is 17.5 Å². The number of rotatable bonds is 5. The number of anilines is 2. The molecule has 0 saturated carbocycles. The largest absolute Gasteiger partial charge is 0.358 e. The highest BCUT2D eigenvalue weighted by Crippen LogP contribution is 2.22. The summed E-state index contributed by atoms with van der Waals surface area (Å²) >= 11 is 0. The molecule has 0 fully saturated rings. The van der Waals surface area contributed by atoms with Crippen LogP contribution in [0.15, 0.2) is 24.5 Å². The zero-order chi connectivity index (χ0) is 13.7. The molecule has 2 aromatic heterocycles. The van der Waals surface area contributed by atoms with E-state index in [1.165, 1.54) is 0 Å². The Morgan fingerprint density at radius 3 is 2.95 bits per heavy atom. The summed E-state index contributed by atoms with van der Waals surface area (Å²) in [4.78, 5) is 18.1. The fourth-order valence-electron chi connectivity index (χ4n) is 1.36. The third-order valence-corrected chi connectivity index (χ3v) is 2.25. The summed E-state index contributed by atoms with van der Waals surface area (Å²) < 4.78 is 0. The Bertz CT molecular complexity index is 575. The zero-order valence-electron chi connectivity index (χ0n) is 10.1. The lowest BCUT2D eigenvalue weighted by Crippen LogP contribution is -2.08. The lowest BCUT2D eigenvalue weighted by molar-refractivity contribution is -0.384. The molecule has 0 atom stereocenters. The molecule has 2 N–H and O–H groups in total. The number of nitrogens with one attached hydrogen (secondary N) is 2. The number of aromatic nitrogens is 4. The molecule has 9 nitrogen and oxygen atoms in total. The van der Waals surface area contributed by atoms with Crippen molar-refractivity contribution in [3.8, 4) is 0 Å². The molecule has 98 valence electrons. The summed E-state index contributed by atoms with van der Waals surface area (Å²) in [5, 5.41) is 24.0. The monoisotopic (exact) mass is 261 g/mol. The lowest BCUT2D eigenvalue weighted by atomic mass is 10.4. The van der Waals surface area contributed by atoms with Crippen molar-refractivity contribution in [2.45, 2.75) is 6.54 Å². The highest BCUT2D eigenvalue weighted by molar-refractivity contribution is 5.56. The SMILES string of the molecule is CNc1ncc([N+](=O)[O-])c(NCc2cccnn2)n1. The fourth-order valence-corrected chi connectivity index (χ4v) is 1.36. The molecule has 0 aromatic carbocycles. The zero-order valence-corrected chi connectivity index (χ0v) is 10.1. The second-order valence-electron chi connectivity index (χ2n) is 3.50. The summed E-state index contributed by atoms with van der Waals surface area (Å²) in [7, 11) is 1.63. The Hall–Kier alpha value is -2.84. The van der Waals surface area contributed by atoms with Crippen molar-refractivity contribution < 1.29 is 4.92 Å². The minimum absolute atomic E-state index is 0.134. The van der Waals surface area contributed by atoms with Crippen LogP contribution in [-0.2, 0) is 6.54 Å². The average Bonchev–Trinajstić information content (AvgIpc) is 2.45. The molecule has 0 radical (unpaired) electrons. The lowest BCUT2D eigenvalue weighted by Gasteiger charge is -2.06. The van der Waals surface area contributed by atoms with Crippen LogP contribution in [-0.4, -0.2) is 32.1 Å². The maximum absolute atomic E-state index is 10.9. The molecule has 0 aliphatic carbocycles. The molecule has 0 unspecified atom stereocenters. The van der Waals surface area contributed by atoms with Gasteiger partial charge in [-0.1, -0.05) is 0 Å². The maximum Gasteiger partial charge on any atom is 0.329 e. The molecular weight excluding hydrogens is 250 g/mol. The van der Waals surface area contributed by atoms with Crippen LogP contribution in [0.4, 0.5) is 17.5 Å². The Kier molecular flexibility index (Phi) is 3.76. The van der Waals surface area contributed by atoms with Crippen molar-refractivity contribution in [1.29, 1.82) is 0 Å². The van der Waals surface area contributed by atoms with E-state index in [4.69, 9.17) is 0 Å². The summed E-state index contributed by atoms with van der Waals surface area (Å²) in [6.07, 6.45) is 2.70. The van der Waals surface area contributed by atoms with E-state index in [9.17, 15) is 10.1 Å². The average molecular weight is 261 g/mol. The number of nitro groups is 1. The Morgan fingerprint density at radius 1 is 1.47 bits per heavy atom. The van der Waals surface area contributed by atoms with Crippen LogP contribution in [0, 0.1) is 10.1 Å². The van der Waals surface area contributed by atoms with E-state index >= 15 is 0 Å². The summed E-state index contributed by atoms with van der Waals surface area (Å²) in [5.74, 6) is 0.433. The maximum atomic E-state index is 10.9. The second-order valence-corrected chi connectivity index (χ2v) is 3.50. The first kappa shape index (κ1) is 12.6. The van der Waals surface area contributed by atoms with Crippen LogP contribution < -0.4 is 10.6 Å². The molecule has 2 aromatic rings. The molecule has 0 aliphatic rings. The first-order valence-corrected chi connectivity index (χ1v) is 5.40. The summed E-state index contributed by atoms with van der Waals surface area (Å²) in [5.41, 5.74) is 0.462. The summed E-state index contributed by atoms with van der Waals surface area (Å²) in [6, 6.07) is 3.49. The van der Waals surface area contributed by atoms with Gasteiger partial charge in [0.05, 0.1) is 17.2 Å². The molecule has 0 aliphatic heterocycles. The van der Waals surface area contributed by atoms with Gasteiger partial charge in [-0.2, -0.15) is 15.2 Å². The number of nitrogens with zero attached hydrogens (tertiary/aromatic N) is 5. The van der Waals surface area contributed by atoms with Gasteiger partial charge in [0.1, 0.15) is 6.20 Å². The van der Waals surface area contributed by atoms with Crippen molar-refractivity contribution in [3.63, 3.8) is 0 Å². The minimum atomic E-state index is -0.543. The van der Waals surface area contributed by atoms with Gasteiger partial charge in [0.15, 0.2) is 0 Å². The van der Waals surface area contributed by atoms with Gasteiger partial charge >= 0.3 is 5.69 Å². The van der Waals surface area contributed by atoms with Gasteiger partial charge in [-0.3, -0.25) is 10.1 Å². The van der Waals surface area contributed by atoms with E-state index < -0.39 is 4.92 Å². The molecule has 0 spiro atoms. The van der Waals surface area contributed by atoms with E-state index in [-0.39, 0.29) is 18.1 Å². The van der Waals surface area contributed by atoms with E-state index in [2.05, 4.69) is 30.8 Å². The first-order chi connectivity index (χ1) is 9.20. The van der Waals surface area contributed by atoms with E-state index in [1.807, 2.05) is 0 Å². The molecule has 2 rings (SSSR count). The summed E-state index contributed by atoms with van der Waals surface area (Å²) in [6.45, 7) is 0.287. The van der Waals surface area contributed by atoms with Gasteiger partial charge in [-0.15, -0.1) is 0 Å². The van der Waals surface area contributed by atoms with E-state index in [0.29, 0.717) is 11.6 Å². The fraction of sp³-hybridized carbons (Fsp3) is 0.200.